The van der Waals surface area contributed by atoms with E-state index >= 15 is 0 Å². The van der Waals surface area contributed by atoms with Gasteiger partial charge in [0.2, 0.25) is 0 Å². The van der Waals surface area contributed by atoms with Gasteiger partial charge in [-0.1, -0.05) is 115 Å². The second-order valence-corrected chi connectivity index (χ2v) is 14.3. The molecule has 5 aromatic carbocycles. The zero-order valence-corrected chi connectivity index (χ0v) is 31.8. The zero-order chi connectivity index (χ0) is 34.6. The summed E-state index contributed by atoms with van der Waals surface area (Å²) in [5.74, 6) is 2.95. The molecule has 0 unspecified atom stereocenters. The fourth-order valence-corrected chi connectivity index (χ4v) is 8.58. The van der Waals surface area contributed by atoms with Crippen molar-refractivity contribution in [1.82, 2.24) is 19.0 Å². The molecule has 0 atom stereocenters. The average Bonchev–Trinajstić information content (AvgIpc) is 3.81. The molecule has 6 nitrogen and oxygen atoms in total. The molecule has 3 aromatic heterocycles. The van der Waals surface area contributed by atoms with Crippen molar-refractivity contribution in [3.05, 3.63) is 150 Å². The number of nitrogens with zero attached hydrogens (tertiary/aromatic N) is 5. The summed E-state index contributed by atoms with van der Waals surface area (Å²) in [5, 5.41) is 2.24. The van der Waals surface area contributed by atoms with Crippen LogP contribution in [0.5, 0.6) is 11.5 Å². The average molecular weight is 855 g/mol. The Morgan fingerprint density at radius 1 is 0.750 bits per heavy atom. The Bertz CT molecular complexity index is 2710. The minimum absolute atomic E-state index is 0. The number of fused-ring (bicyclic) bond motifs is 9. The summed E-state index contributed by atoms with van der Waals surface area (Å²) < 4.78 is 11.0. The molecular formula is C44H34BN5OPt. The molecule has 4 heterocycles. The van der Waals surface area contributed by atoms with Gasteiger partial charge < -0.3 is 18.6 Å². The van der Waals surface area contributed by atoms with Gasteiger partial charge in [0.15, 0.2) is 0 Å². The first kappa shape index (κ1) is 32.5. The van der Waals surface area contributed by atoms with Gasteiger partial charge in [0.1, 0.15) is 5.82 Å². The summed E-state index contributed by atoms with van der Waals surface area (Å²) in [5.41, 5.74) is 12.7. The van der Waals surface area contributed by atoms with Crippen molar-refractivity contribution in [2.45, 2.75) is 33.1 Å². The molecule has 8 heteroatoms. The molecule has 0 spiro atoms. The molecule has 8 aromatic rings. The first-order chi connectivity index (χ1) is 24.8. The number of rotatable bonds is 4. The van der Waals surface area contributed by atoms with E-state index in [9.17, 15) is 0 Å². The molecule has 254 valence electrons. The van der Waals surface area contributed by atoms with E-state index in [-0.39, 0.29) is 33.5 Å². The van der Waals surface area contributed by atoms with Crippen LogP contribution in [0.1, 0.15) is 36.1 Å². The zero-order valence-electron chi connectivity index (χ0n) is 29.5. The van der Waals surface area contributed by atoms with Crippen LogP contribution < -0.4 is 15.0 Å². The van der Waals surface area contributed by atoms with Crippen molar-refractivity contribution in [2.24, 2.45) is 0 Å². The molecule has 52 heavy (non-hydrogen) atoms. The Hall–Kier alpha value is -5.39. The van der Waals surface area contributed by atoms with E-state index < -0.39 is 0 Å². The van der Waals surface area contributed by atoms with E-state index in [1.54, 1.807) is 0 Å². The third-order valence-corrected chi connectivity index (χ3v) is 11.1. The van der Waals surface area contributed by atoms with Gasteiger partial charge in [-0.25, -0.2) is 4.98 Å². The molecule has 0 saturated heterocycles. The van der Waals surface area contributed by atoms with E-state index in [1.807, 2.05) is 24.5 Å². The summed E-state index contributed by atoms with van der Waals surface area (Å²) in [6.07, 6.45) is 5.96. The number of pyridine rings is 1. The van der Waals surface area contributed by atoms with E-state index in [1.165, 1.54) is 38.8 Å². The minimum Gasteiger partial charge on any atom is -0.503 e. The number of para-hydroxylation sites is 1. The van der Waals surface area contributed by atoms with Gasteiger partial charge in [0, 0.05) is 52.4 Å². The Kier molecular flexibility index (Phi) is 7.40. The summed E-state index contributed by atoms with van der Waals surface area (Å²) in [4.78, 5) is 12.2. The summed E-state index contributed by atoms with van der Waals surface area (Å²) in [6, 6.07) is 41.3. The Labute approximate surface area is 318 Å². The summed E-state index contributed by atoms with van der Waals surface area (Å²) >= 11 is 0. The van der Waals surface area contributed by atoms with Crippen molar-refractivity contribution < 1.29 is 25.8 Å². The van der Waals surface area contributed by atoms with Crippen molar-refractivity contribution >= 4 is 39.9 Å². The maximum Gasteiger partial charge on any atom is 2.00 e. The van der Waals surface area contributed by atoms with Crippen molar-refractivity contribution in [2.75, 3.05) is 11.9 Å². The molecule has 0 bridgehead atoms. The molecule has 0 amide bonds. The third kappa shape index (κ3) is 4.61. The van der Waals surface area contributed by atoms with Crippen LogP contribution >= 0.6 is 0 Å². The van der Waals surface area contributed by atoms with Crippen LogP contribution in [0.15, 0.2) is 116 Å². The van der Waals surface area contributed by atoms with Crippen molar-refractivity contribution in [1.29, 1.82) is 0 Å². The van der Waals surface area contributed by atoms with E-state index in [0.29, 0.717) is 11.5 Å². The fraction of sp³-hybridized carbons (Fsp3) is 0.136. The van der Waals surface area contributed by atoms with Crippen LogP contribution in [-0.4, -0.2) is 33.0 Å². The monoisotopic (exact) mass is 854 g/mol. The molecule has 0 radical (unpaired) electrons. The fourth-order valence-electron chi connectivity index (χ4n) is 8.58. The number of aryl methyl sites for hydroxylation is 2. The maximum absolute atomic E-state index is 6.56. The van der Waals surface area contributed by atoms with Crippen LogP contribution in [0.3, 0.4) is 0 Å². The first-order valence-electron chi connectivity index (χ1n) is 17.4. The molecule has 0 N–H and O–H groups in total. The summed E-state index contributed by atoms with van der Waals surface area (Å²) in [7, 11) is 2.14. The van der Waals surface area contributed by atoms with Crippen LogP contribution in [0.2, 0.25) is 0 Å². The van der Waals surface area contributed by atoms with Crippen molar-refractivity contribution in [3.63, 3.8) is 0 Å². The molecule has 10 rings (SSSR count). The number of hydrogen-bond donors (Lipinski definition) is 0. The Morgan fingerprint density at radius 3 is 2.35 bits per heavy atom. The topological polar surface area (TPSA) is 48.1 Å². The first-order valence-corrected chi connectivity index (χ1v) is 17.4. The molecule has 1 aliphatic heterocycles. The predicted molar refractivity (Wildman–Crippen MR) is 207 cm³/mol. The molecule has 2 aliphatic rings. The number of ether oxygens (including phenoxy) is 1. The van der Waals surface area contributed by atoms with Gasteiger partial charge in [-0.3, -0.25) is 4.98 Å². The SMILES string of the molecule is Cc1cccc(C)c1B1N(C)c2ccc(Oc3[c-]c4c(cc3)c3ccccc3n4-c3cc4c(cn3)-c3ccccc3C4(C)C)[c-]c2-c2nccn21.[Pt+2]. The van der Waals surface area contributed by atoms with Crippen LogP contribution in [-0.2, 0) is 26.5 Å². The van der Waals surface area contributed by atoms with Gasteiger partial charge >= 0.3 is 28.0 Å². The van der Waals surface area contributed by atoms with Crippen LogP contribution in [0.4, 0.5) is 5.69 Å². The quantitative estimate of drug-likeness (QED) is 0.131. The van der Waals surface area contributed by atoms with Gasteiger partial charge in [0.05, 0.1) is 0 Å². The van der Waals surface area contributed by atoms with Gasteiger partial charge in [0.25, 0.3) is 0 Å². The number of imidazole rings is 1. The second-order valence-electron chi connectivity index (χ2n) is 14.3. The maximum atomic E-state index is 6.56. The normalized spacial score (nSPS) is 13.8. The smallest absolute Gasteiger partial charge is 0.503 e. The number of anilines is 1. The number of benzene rings is 5. The Balaban J connectivity index is 0.00000360. The molecule has 1 aliphatic carbocycles. The van der Waals surface area contributed by atoms with Gasteiger partial charge in [-0.15, -0.1) is 23.6 Å². The standard InChI is InChI=1S/C44H34BN5O.Pt/c1-27-11-10-12-28(2)42(27)45-48(5)38-20-18-29(23-34(38)43-46-21-22-49(43)45)51-30-17-19-33-32-14-7-9-16-39(32)50(40(33)24-30)41-25-37-35(26-47-41)31-13-6-8-15-36(31)44(37,3)4;/h6-22,25-26H,1-5H3;/q-2;+2. The van der Waals surface area contributed by atoms with E-state index in [2.05, 4.69) is 152 Å². The molecule has 0 fully saturated rings. The largest absolute Gasteiger partial charge is 2.00 e. The van der Waals surface area contributed by atoms with E-state index in [4.69, 9.17) is 14.7 Å². The van der Waals surface area contributed by atoms with E-state index in [0.717, 1.165) is 44.7 Å². The third-order valence-electron chi connectivity index (χ3n) is 11.1. The van der Waals surface area contributed by atoms with Crippen LogP contribution in [0, 0.1) is 26.0 Å². The predicted octanol–water partition coefficient (Wildman–Crippen LogP) is 9.05. The second kappa shape index (κ2) is 11.8. The van der Waals surface area contributed by atoms with Gasteiger partial charge in [-0.05, 0) is 60.6 Å². The van der Waals surface area contributed by atoms with Crippen molar-refractivity contribution in [3.8, 4) is 39.8 Å². The Morgan fingerprint density at radius 2 is 1.50 bits per heavy atom. The molecule has 0 saturated carbocycles. The number of aromatic nitrogens is 4. The van der Waals surface area contributed by atoms with Crippen LogP contribution in [0.25, 0.3) is 50.1 Å². The molecular weight excluding hydrogens is 820 g/mol. The minimum atomic E-state index is -0.135. The number of hydrogen-bond acceptors (Lipinski definition) is 4. The van der Waals surface area contributed by atoms with Gasteiger partial charge in [-0.2, -0.15) is 6.07 Å². The summed E-state index contributed by atoms with van der Waals surface area (Å²) in [6.45, 7) is 8.95.